The van der Waals surface area contributed by atoms with Gasteiger partial charge in [0.15, 0.2) is 0 Å². The molecule has 0 aromatic heterocycles. The van der Waals surface area contributed by atoms with E-state index in [0.717, 1.165) is 0 Å². The van der Waals surface area contributed by atoms with E-state index in [1.54, 1.807) is 0 Å². The van der Waals surface area contributed by atoms with Crippen LogP contribution in [0.3, 0.4) is 0 Å². The SMILES string of the molecule is CC=CC1=C(C=C(C)C)N(C)c2cc(C)ccc2S1. The Hall–Kier alpha value is -1.41. The van der Waals surface area contributed by atoms with Crippen LogP contribution in [-0.2, 0) is 0 Å². The smallest absolute Gasteiger partial charge is 0.0552 e. The molecule has 1 nitrogen and oxygen atoms in total. The number of anilines is 1. The Morgan fingerprint density at radius 2 is 2.00 bits per heavy atom. The molecule has 1 heterocycles. The summed E-state index contributed by atoms with van der Waals surface area (Å²) in [6.45, 7) is 8.50. The van der Waals surface area contributed by atoms with Crippen LogP contribution < -0.4 is 4.90 Å². The molecule has 0 saturated carbocycles. The van der Waals surface area contributed by atoms with E-state index in [1.165, 1.54) is 32.3 Å². The lowest BCUT2D eigenvalue weighted by molar-refractivity contribution is 1.08. The van der Waals surface area contributed by atoms with Crippen LogP contribution in [0.2, 0.25) is 0 Å². The van der Waals surface area contributed by atoms with Crippen LogP contribution in [0.4, 0.5) is 5.69 Å². The second-order valence-corrected chi connectivity index (χ2v) is 6.19. The Morgan fingerprint density at radius 1 is 1.26 bits per heavy atom. The van der Waals surface area contributed by atoms with Gasteiger partial charge in [-0.05, 0) is 51.5 Å². The number of allylic oxidation sites excluding steroid dienone is 4. The van der Waals surface area contributed by atoms with Gasteiger partial charge in [0, 0.05) is 16.8 Å². The average molecular weight is 271 g/mol. The van der Waals surface area contributed by atoms with Crippen molar-refractivity contribution < 1.29 is 0 Å². The average Bonchev–Trinajstić information content (AvgIpc) is 2.35. The van der Waals surface area contributed by atoms with Crippen LogP contribution in [0.5, 0.6) is 0 Å². The van der Waals surface area contributed by atoms with E-state index < -0.39 is 0 Å². The number of fused-ring (bicyclic) bond motifs is 1. The predicted molar refractivity (Wildman–Crippen MR) is 86.7 cm³/mol. The standard InChI is InChI=1S/C17H21NS/c1-6-7-16-14(10-12(2)3)18(5)15-11-13(4)8-9-17(15)19-16/h6-11H,1-5H3. The molecule has 1 aliphatic heterocycles. The Labute approximate surface area is 120 Å². The van der Waals surface area contributed by atoms with Crippen molar-refractivity contribution >= 4 is 17.4 Å². The molecule has 0 amide bonds. The minimum Gasteiger partial charge on any atom is -0.343 e. The zero-order chi connectivity index (χ0) is 14.0. The van der Waals surface area contributed by atoms with Crippen LogP contribution in [-0.4, -0.2) is 7.05 Å². The number of hydrogen-bond donors (Lipinski definition) is 0. The normalized spacial score (nSPS) is 14.9. The second kappa shape index (κ2) is 5.70. The van der Waals surface area contributed by atoms with Crippen molar-refractivity contribution in [2.75, 3.05) is 11.9 Å². The third-order valence-corrected chi connectivity index (χ3v) is 4.18. The summed E-state index contributed by atoms with van der Waals surface area (Å²) in [7, 11) is 2.15. The van der Waals surface area contributed by atoms with E-state index in [9.17, 15) is 0 Å². The molecule has 2 heteroatoms. The highest BCUT2D eigenvalue weighted by Gasteiger charge is 2.20. The van der Waals surface area contributed by atoms with Crippen molar-refractivity contribution in [1.82, 2.24) is 0 Å². The molecule has 0 radical (unpaired) electrons. The van der Waals surface area contributed by atoms with Gasteiger partial charge in [0.05, 0.1) is 11.4 Å². The Bertz CT molecular complexity index is 575. The van der Waals surface area contributed by atoms with Crippen LogP contribution >= 0.6 is 11.8 Å². The fraction of sp³-hybridized carbons (Fsp3) is 0.294. The quantitative estimate of drug-likeness (QED) is 0.719. The fourth-order valence-corrected chi connectivity index (χ4v) is 3.33. The maximum atomic E-state index is 2.29. The molecule has 0 atom stereocenters. The second-order valence-electron chi connectivity index (χ2n) is 5.10. The number of aryl methyl sites for hydroxylation is 1. The summed E-state index contributed by atoms with van der Waals surface area (Å²) in [5, 5.41) is 0. The molecule has 100 valence electrons. The van der Waals surface area contributed by atoms with Crippen molar-refractivity contribution in [1.29, 1.82) is 0 Å². The summed E-state index contributed by atoms with van der Waals surface area (Å²) in [5.41, 5.74) is 5.20. The lowest BCUT2D eigenvalue weighted by Crippen LogP contribution is -2.20. The van der Waals surface area contributed by atoms with Crippen molar-refractivity contribution in [2.45, 2.75) is 32.6 Å². The van der Waals surface area contributed by atoms with Crippen LogP contribution in [0.25, 0.3) is 0 Å². The summed E-state index contributed by atoms with van der Waals surface area (Å²) in [5.74, 6) is 0. The summed E-state index contributed by atoms with van der Waals surface area (Å²) in [6.07, 6.45) is 6.56. The van der Waals surface area contributed by atoms with Gasteiger partial charge in [-0.1, -0.05) is 35.6 Å². The first-order valence-electron chi connectivity index (χ1n) is 6.57. The third kappa shape index (κ3) is 2.95. The van der Waals surface area contributed by atoms with Gasteiger partial charge in [0.25, 0.3) is 0 Å². The minimum absolute atomic E-state index is 1.28. The Balaban J connectivity index is 2.56. The number of thioether (sulfide) groups is 1. The van der Waals surface area contributed by atoms with E-state index >= 15 is 0 Å². The van der Waals surface area contributed by atoms with Crippen LogP contribution in [0.1, 0.15) is 26.3 Å². The zero-order valence-corrected chi connectivity index (χ0v) is 13.1. The van der Waals surface area contributed by atoms with E-state index in [-0.39, 0.29) is 0 Å². The molecule has 19 heavy (non-hydrogen) atoms. The molecule has 0 saturated heterocycles. The Morgan fingerprint density at radius 3 is 2.63 bits per heavy atom. The molecular weight excluding hydrogens is 250 g/mol. The van der Waals surface area contributed by atoms with Crippen molar-refractivity contribution in [3.05, 3.63) is 58.2 Å². The fourth-order valence-electron chi connectivity index (χ4n) is 2.15. The van der Waals surface area contributed by atoms with Gasteiger partial charge in [0.1, 0.15) is 0 Å². The number of likely N-dealkylation sites (N-methyl/N-ethyl adjacent to an activating group) is 1. The van der Waals surface area contributed by atoms with Crippen molar-refractivity contribution in [3.63, 3.8) is 0 Å². The lowest BCUT2D eigenvalue weighted by Gasteiger charge is -2.30. The summed E-state index contributed by atoms with van der Waals surface area (Å²) >= 11 is 1.85. The molecule has 0 fully saturated rings. The van der Waals surface area contributed by atoms with Crippen LogP contribution in [0.15, 0.2) is 57.5 Å². The molecule has 0 aliphatic carbocycles. The largest absolute Gasteiger partial charge is 0.343 e. The highest BCUT2D eigenvalue weighted by atomic mass is 32.2. The highest BCUT2D eigenvalue weighted by Crippen LogP contribution is 2.44. The monoisotopic (exact) mass is 271 g/mol. The van der Waals surface area contributed by atoms with Gasteiger partial charge < -0.3 is 4.90 Å². The molecular formula is C17H21NS. The number of benzene rings is 1. The number of nitrogens with zero attached hydrogens (tertiary/aromatic N) is 1. The molecule has 0 N–H and O–H groups in total. The van der Waals surface area contributed by atoms with Gasteiger partial charge in [-0.2, -0.15) is 0 Å². The minimum atomic E-state index is 1.28. The Kier molecular flexibility index (Phi) is 4.20. The van der Waals surface area contributed by atoms with Crippen LogP contribution in [0, 0.1) is 6.92 Å². The number of rotatable bonds is 2. The zero-order valence-electron chi connectivity index (χ0n) is 12.3. The van der Waals surface area contributed by atoms with Gasteiger partial charge in [-0.3, -0.25) is 0 Å². The first-order valence-corrected chi connectivity index (χ1v) is 7.38. The summed E-state index contributed by atoms with van der Waals surface area (Å²) in [4.78, 5) is 4.93. The van der Waals surface area contributed by atoms with E-state index in [4.69, 9.17) is 0 Å². The number of hydrogen-bond acceptors (Lipinski definition) is 2. The molecule has 0 bridgehead atoms. The van der Waals surface area contributed by atoms with Gasteiger partial charge in [-0.15, -0.1) is 0 Å². The first-order chi connectivity index (χ1) is 9.02. The lowest BCUT2D eigenvalue weighted by atomic mass is 10.1. The van der Waals surface area contributed by atoms with E-state index in [0.29, 0.717) is 0 Å². The van der Waals surface area contributed by atoms with Crippen molar-refractivity contribution in [3.8, 4) is 0 Å². The predicted octanol–water partition coefficient (Wildman–Crippen LogP) is 5.29. The summed E-state index contributed by atoms with van der Waals surface area (Å²) < 4.78 is 0. The molecule has 1 aromatic carbocycles. The van der Waals surface area contributed by atoms with E-state index in [1.807, 2.05) is 11.8 Å². The van der Waals surface area contributed by atoms with Gasteiger partial charge >= 0.3 is 0 Å². The molecule has 0 spiro atoms. The highest BCUT2D eigenvalue weighted by molar-refractivity contribution is 8.03. The third-order valence-electron chi connectivity index (χ3n) is 3.05. The molecule has 1 aromatic rings. The topological polar surface area (TPSA) is 3.24 Å². The summed E-state index contributed by atoms with van der Waals surface area (Å²) in [6, 6.07) is 6.65. The van der Waals surface area contributed by atoms with Gasteiger partial charge in [0.2, 0.25) is 0 Å². The molecule has 0 unspecified atom stereocenters. The van der Waals surface area contributed by atoms with Crippen molar-refractivity contribution in [2.24, 2.45) is 0 Å². The molecule has 2 rings (SSSR count). The van der Waals surface area contributed by atoms with Gasteiger partial charge in [-0.25, -0.2) is 0 Å². The maximum absolute atomic E-state index is 2.29. The maximum Gasteiger partial charge on any atom is 0.0552 e. The molecule has 1 aliphatic rings. The first kappa shape index (κ1) is 14.0. The van der Waals surface area contributed by atoms with E-state index in [2.05, 4.69) is 76.1 Å².